The summed E-state index contributed by atoms with van der Waals surface area (Å²) in [7, 11) is 1.72. The molecular weight excluding hydrogens is 244 g/mol. The minimum Gasteiger partial charge on any atom is -0.497 e. The topological polar surface area (TPSA) is 9.23 Å². The van der Waals surface area contributed by atoms with Crippen molar-refractivity contribution in [3.05, 3.63) is 77.4 Å². The van der Waals surface area contributed by atoms with E-state index >= 15 is 0 Å². The lowest BCUT2D eigenvalue weighted by molar-refractivity contribution is 0.415. The average molecular weight is 260 g/mol. The fourth-order valence-corrected chi connectivity index (χ4v) is 3.36. The van der Waals surface area contributed by atoms with Crippen LogP contribution in [0.25, 0.3) is 11.1 Å². The van der Waals surface area contributed by atoms with Crippen molar-refractivity contribution in [2.45, 2.75) is 12.3 Å². The molecule has 0 amide bonds. The van der Waals surface area contributed by atoms with Gasteiger partial charge in [0.05, 0.1) is 7.11 Å². The van der Waals surface area contributed by atoms with E-state index in [1.54, 1.807) is 7.11 Å². The van der Waals surface area contributed by atoms with E-state index in [0.29, 0.717) is 5.92 Å². The third-order valence-corrected chi connectivity index (χ3v) is 4.27. The first-order chi connectivity index (χ1) is 9.88. The summed E-state index contributed by atoms with van der Waals surface area (Å²) in [5, 5.41) is 0. The Hall–Kier alpha value is -2.28. The number of hydrogen-bond acceptors (Lipinski definition) is 1. The van der Waals surface area contributed by atoms with Gasteiger partial charge in [0.1, 0.15) is 5.75 Å². The maximum Gasteiger partial charge on any atom is 0.119 e. The molecule has 1 heteroatoms. The summed E-state index contributed by atoms with van der Waals surface area (Å²) < 4.78 is 5.39. The van der Waals surface area contributed by atoms with Crippen LogP contribution in [0.3, 0.4) is 0 Å². The zero-order valence-electron chi connectivity index (χ0n) is 11.5. The molecule has 0 saturated heterocycles. The Morgan fingerprint density at radius 1 is 1.00 bits per heavy atom. The highest BCUT2D eigenvalue weighted by Crippen LogP contribution is 2.49. The van der Waals surface area contributed by atoms with Crippen molar-refractivity contribution < 1.29 is 4.74 Å². The number of rotatable bonds is 2. The molecule has 2 aromatic rings. The predicted molar refractivity (Wildman–Crippen MR) is 82.1 cm³/mol. The minimum atomic E-state index is 0.380. The number of benzene rings is 2. The number of allylic oxidation sites excluding steroid dienone is 4. The molecule has 4 rings (SSSR count). The Morgan fingerprint density at radius 3 is 2.65 bits per heavy atom. The summed E-state index contributed by atoms with van der Waals surface area (Å²) in [5.74, 6) is 1.31. The monoisotopic (exact) mass is 260 g/mol. The maximum absolute atomic E-state index is 5.39. The van der Waals surface area contributed by atoms with E-state index in [9.17, 15) is 0 Å². The van der Waals surface area contributed by atoms with Crippen molar-refractivity contribution in [1.82, 2.24) is 0 Å². The van der Waals surface area contributed by atoms with Gasteiger partial charge in [0.25, 0.3) is 0 Å². The quantitative estimate of drug-likeness (QED) is 0.761. The largest absolute Gasteiger partial charge is 0.497 e. The van der Waals surface area contributed by atoms with Crippen molar-refractivity contribution in [2.24, 2.45) is 0 Å². The summed E-state index contributed by atoms with van der Waals surface area (Å²) in [6, 6.07) is 15.2. The molecule has 2 aliphatic carbocycles. The second-order valence-electron chi connectivity index (χ2n) is 5.32. The molecule has 0 aliphatic heterocycles. The Kier molecular flexibility index (Phi) is 2.53. The second kappa shape index (κ2) is 4.38. The molecule has 20 heavy (non-hydrogen) atoms. The lowest BCUT2D eigenvalue weighted by Crippen LogP contribution is -1.98. The zero-order valence-corrected chi connectivity index (χ0v) is 11.5. The first-order valence-electron chi connectivity index (χ1n) is 7.02. The van der Waals surface area contributed by atoms with Gasteiger partial charge in [-0.2, -0.15) is 0 Å². The summed E-state index contributed by atoms with van der Waals surface area (Å²) in [6.45, 7) is 0. The van der Waals surface area contributed by atoms with Crippen LogP contribution in [-0.2, 0) is 0 Å². The van der Waals surface area contributed by atoms with Gasteiger partial charge in [-0.05, 0) is 46.4 Å². The van der Waals surface area contributed by atoms with Gasteiger partial charge in [0.2, 0.25) is 0 Å². The number of hydrogen-bond donors (Lipinski definition) is 0. The van der Waals surface area contributed by atoms with Gasteiger partial charge in [0.15, 0.2) is 0 Å². The van der Waals surface area contributed by atoms with Crippen molar-refractivity contribution in [3.63, 3.8) is 0 Å². The zero-order chi connectivity index (χ0) is 13.5. The fraction of sp³-hybridized carbons (Fsp3) is 0.158. The first kappa shape index (κ1) is 11.5. The van der Waals surface area contributed by atoms with E-state index in [0.717, 1.165) is 12.2 Å². The normalized spacial score (nSPS) is 18.6. The summed E-state index contributed by atoms with van der Waals surface area (Å²) in [5.41, 5.74) is 6.87. The molecule has 0 fully saturated rings. The van der Waals surface area contributed by atoms with Crippen LogP contribution in [0.1, 0.15) is 23.5 Å². The third-order valence-electron chi connectivity index (χ3n) is 4.27. The standard InChI is InChI=1S/C19H16O/c1-20-14-10-11-17-18(12-14)15-8-4-5-9-16(15)19(17)13-6-2-3-7-13/h2,4-12,19H,3H2,1H3. The van der Waals surface area contributed by atoms with Gasteiger partial charge >= 0.3 is 0 Å². The Labute approximate surface area is 119 Å². The second-order valence-corrected chi connectivity index (χ2v) is 5.32. The highest BCUT2D eigenvalue weighted by atomic mass is 16.5. The fourth-order valence-electron chi connectivity index (χ4n) is 3.36. The molecule has 0 heterocycles. The molecule has 0 aromatic heterocycles. The van der Waals surface area contributed by atoms with Gasteiger partial charge in [0, 0.05) is 5.92 Å². The summed E-state index contributed by atoms with van der Waals surface area (Å²) in [6.07, 6.45) is 7.89. The molecule has 0 bridgehead atoms. The van der Waals surface area contributed by atoms with E-state index in [1.165, 1.54) is 27.8 Å². The van der Waals surface area contributed by atoms with Crippen molar-refractivity contribution in [1.29, 1.82) is 0 Å². The summed E-state index contributed by atoms with van der Waals surface area (Å²) in [4.78, 5) is 0. The van der Waals surface area contributed by atoms with Crippen LogP contribution in [0.15, 0.2) is 66.3 Å². The molecule has 0 saturated carbocycles. The highest BCUT2D eigenvalue weighted by molar-refractivity contribution is 5.82. The van der Waals surface area contributed by atoms with E-state index < -0.39 is 0 Å². The molecule has 98 valence electrons. The molecule has 2 aromatic carbocycles. The van der Waals surface area contributed by atoms with Crippen LogP contribution >= 0.6 is 0 Å². The SMILES string of the molecule is COc1ccc2c(c1)-c1ccccc1C2C1=CCC=C1. The summed E-state index contributed by atoms with van der Waals surface area (Å²) >= 11 is 0. The molecule has 1 atom stereocenters. The van der Waals surface area contributed by atoms with E-state index in [2.05, 4.69) is 60.7 Å². The average Bonchev–Trinajstić information content (AvgIpc) is 3.11. The Bertz CT molecular complexity index is 737. The lowest BCUT2D eigenvalue weighted by atomic mass is 9.90. The molecular formula is C19H16O. The molecule has 1 unspecified atom stereocenters. The van der Waals surface area contributed by atoms with Gasteiger partial charge in [-0.3, -0.25) is 0 Å². The van der Waals surface area contributed by atoms with Gasteiger partial charge in [-0.15, -0.1) is 0 Å². The van der Waals surface area contributed by atoms with Crippen LogP contribution in [0.4, 0.5) is 0 Å². The van der Waals surface area contributed by atoms with Crippen LogP contribution in [0.5, 0.6) is 5.75 Å². The Balaban J connectivity index is 1.97. The van der Waals surface area contributed by atoms with Crippen LogP contribution in [0.2, 0.25) is 0 Å². The van der Waals surface area contributed by atoms with Crippen LogP contribution < -0.4 is 4.74 Å². The number of methoxy groups -OCH3 is 1. The predicted octanol–water partition coefficient (Wildman–Crippen LogP) is 4.69. The van der Waals surface area contributed by atoms with E-state index in [4.69, 9.17) is 4.74 Å². The number of ether oxygens (including phenoxy) is 1. The molecule has 0 radical (unpaired) electrons. The number of fused-ring (bicyclic) bond motifs is 3. The van der Waals surface area contributed by atoms with Crippen molar-refractivity contribution in [3.8, 4) is 16.9 Å². The minimum absolute atomic E-state index is 0.380. The smallest absolute Gasteiger partial charge is 0.119 e. The molecule has 2 aliphatic rings. The third kappa shape index (κ3) is 1.56. The van der Waals surface area contributed by atoms with Crippen molar-refractivity contribution >= 4 is 0 Å². The lowest BCUT2D eigenvalue weighted by Gasteiger charge is -2.14. The Morgan fingerprint density at radius 2 is 1.85 bits per heavy atom. The van der Waals surface area contributed by atoms with Crippen molar-refractivity contribution in [2.75, 3.05) is 7.11 Å². The van der Waals surface area contributed by atoms with Gasteiger partial charge in [-0.25, -0.2) is 0 Å². The van der Waals surface area contributed by atoms with Crippen LogP contribution in [0, 0.1) is 0 Å². The van der Waals surface area contributed by atoms with Gasteiger partial charge in [-0.1, -0.05) is 48.6 Å². The maximum atomic E-state index is 5.39. The van der Waals surface area contributed by atoms with E-state index in [1.807, 2.05) is 0 Å². The van der Waals surface area contributed by atoms with E-state index in [-0.39, 0.29) is 0 Å². The first-order valence-corrected chi connectivity index (χ1v) is 7.02. The van der Waals surface area contributed by atoms with Crippen LogP contribution in [-0.4, -0.2) is 7.11 Å². The highest BCUT2D eigenvalue weighted by Gasteiger charge is 2.30. The van der Waals surface area contributed by atoms with Gasteiger partial charge < -0.3 is 4.74 Å². The molecule has 1 nitrogen and oxygen atoms in total. The molecule has 0 spiro atoms. The molecule has 0 N–H and O–H groups in total.